The molecule has 34 heavy (non-hydrogen) atoms. The number of hydrogen-bond acceptors (Lipinski definition) is 5. The van der Waals surface area contributed by atoms with E-state index >= 15 is 0 Å². The van der Waals surface area contributed by atoms with E-state index in [0.717, 1.165) is 30.0 Å². The lowest BCUT2D eigenvalue weighted by atomic mass is 10.2. The van der Waals surface area contributed by atoms with Crippen LogP contribution in [-0.2, 0) is 10.0 Å². The van der Waals surface area contributed by atoms with E-state index in [1.54, 1.807) is 36.4 Å². The Morgan fingerprint density at radius 1 is 0.706 bits per heavy atom. The van der Waals surface area contributed by atoms with Gasteiger partial charge in [-0.3, -0.25) is 9.52 Å². The first-order valence-electron chi connectivity index (χ1n) is 10.2. The van der Waals surface area contributed by atoms with Crippen LogP contribution in [0.5, 0.6) is 0 Å². The Morgan fingerprint density at radius 2 is 1.35 bits per heavy atom. The van der Waals surface area contributed by atoms with Gasteiger partial charge in [0.15, 0.2) is 0 Å². The van der Waals surface area contributed by atoms with Gasteiger partial charge in [0.2, 0.25) is 0 Å². The Kier molecular flexibility index (Phi) is 6.74. The summed E-state index contributed by atoms with van der Waals surface area (Å²) in [4.78, 5) is 12.6. The van der Waals surface area contributed by atoms with Crippen molar-refractivity contribution in [1.82, 2.24) is 0 Å². The number of halogens is 1. The van der Waals surface area contributed by atoms with E-state index in [9.17, 15) is 17.6 Å². The molecule has 7 nitrogen and oxygen atoms in total. The van der Waals surface area contributed by atoms with Crippen molar-refractivity contribution < 1.29 is 17.6 Å². The topological polar surface area (TPSA) is 100.0 Å². The molecule has 0 atom stereocenters. The van der Waals surface area contributed by atoms with Gasteiger partial charge >= 0.3 is 0 Å². The van der Waals surface area contributed by atoms with Gasteiger partial charge in [0.25, 0.3) is 15.9 Å². The SMILES string of the molecule is O=C(Nc1ccc(N=Nc2ccccc2)cc1)c1cccc(NS(=O)(=O)c2ccc(F)cc2)c1. The zero-order valence-electron chi connectivity index (χ0n) is 17.7. The summed E-state index contributed by atoms with van der Waals surface area (Å²) in [6.45, 7) is 0. The molecule has 0 unspecified atom stereocenters. The first kappa shape index (κ1) is 22.8. The van der Waals surface area contributed by atoms with Crippen molar-refractivity contribution in [1.29, 1.82) is 0 Å². The molecule has 9 heteroatoms. The third-order valence-electron chi connectivity index (χ3n) is 4.66. The van der Waals surface area contributed by atoms with Crippen LogP contribution in [0.1, 0.15) is 10.4 Å². The molecule has 0 fully saturated rings. The highest BCUT2D eigenvalue weighted by molar-refractivity contribution is 7.92. The zero-order valence-corrected chi connectivity index (χ0v) is 18.5. The van der Waals surface area contributed by atoms with Crippen LogP contribution in [0.2, 0.25) is 0 Å². The molecule has 0 aliphatic carbocycles. The predicted molar refractivity (Wildman–Crippen MR) is 129 cm³/mol. The lowest BCUT2D eigenvalue weighted by Gasteiger charge is -2.10. The monoisotopic (exact) mass is 474 g/mol. The van der Waals surface area contributed by atoms with Crippen molar-refractivity contribution >= 4 is 38.7 Å². The highest BCUT2D eigenvalue weighted by Gasteiger charge is 2.15. The number of carbonyl (C=O) groups excluding carboxylic acids is 1. The smallest absolute Gasteiger partial charge is 0.261 e. The first-order valence-corrected chi connectivity index (χ1v) is 11.6. The lowest BCUT2D eigenvalue weighted by molar-refractivity contribution is 0.102. The fourth-order valence-corrected chi connectivity index (χ4v) is 4.03. The normalized spacial score (nSPS) is 11.3. The fraction of sp³-hybridized carbons (Fsp3) is 0. The molecule has 0 bridgehead atoms. The molecule has 0 spiro atoms. The van der Waals surface area contributed by atoms with Crippen LogP contribution in [0.15, 0.2) is 118 Å². The van der Waals surface area contributed by atoms with E-state index in [4.69, 9.17) is 0 Å². The number of amides is 1. The third-order valence-corrected chi connectivity index (χ3v) is 6.06. The molecule has 1 amide bonds. The van der Waals surface area contributed by atoms with E-state index in [1.807, 2.05) is 30.3 Å². The maximum Gasteiger partial charge on any atom is 0.261 e. The highest BCUT2D eigenvalue weighted by Crippen LogP contribution is 2.22. The van der Waals surface area contributed by atoms with Gasteiger partial charge in [-0.2, -0.15) is 10.2 Å². The van der Waals surface area contributed by atoms with Crippen molar-refractivity contribution in [2.24, 2.45) is 10.2 Å². The molecule has 0 aliphatic heterocycles. The van der Waals surface area contributed by atoms with Gasteiger partial charge in [0, 0.05) is 16.9 Å². The molecule has 0 radical (unpaired) electrons. The summed E-state index contributed by atoms with van der Waals surface area (Å²) in [5.41, 5.74) is 2.36. The molecule has 0 heterocycles. The summed E-state index contributed by atoms with van der Waals surface area (Å²) in [7, 11) is -3.93. The van der Waals surface area contributed by atoms with Crippen LogP contribution in [0.4, 0.5) is 27.1 Å². The Balaban J connectivity index is 1.42. The van der Waals surface area contributed by atoms with E-state index in [1.165, 1.54) is 12.1 Å². The summed E-state index contributed by atoms with van der Waals surface area (Å²) in [6.07, 6.45) is 0. The maximum absolute atomic E-state index is 13.1. The van der Waals surface area contributed by atoms with Gasteiger partial charge in [-0.25, -0.2) is 12.8 Å². The van der Waals surface area contributed by atoms with Crippen molar-refractivity contribution in [3.8, 4) is 0 Å². The van der Waals surface area contributed by atoms with E-state index in [0.29, 0.717) is 11.4 Å². The molecule has 0 saturated carbocycles. The van der Waals surface area contributed by atoms with Gasteiger partial charge in [0.1, 0.15) is 5.82 Å². The summed E-state index contributed by atoms with van der Waals surface area (Å²) in [5, 5.41) is 11.1. The number of azo groups is 1. The number of nitrogens with one attached hydrogen (secondary N) is 2. The van der Waals surface area contributed by atoms with Crippen molar-refractivity contribution in [3.05, 3.63) is 115 Å². The van der Waals surface area contributed by atoms with Crippen LogP contribution in [-0.4, -0.2) is 14.3 Å². The minimum absolute atomic E-state index is 0.0896. The van der Waals surface area contributed by atoms with Crippen LogP contribution in [0, 0.1) is 5.82 Å². The third kappa shape index (κ3) is 5.90. The summed E-state index contributed by atoms with van der Waals surface area (Å²) >= 11 is 0. The number of anilines is 2. The second-order valence-corrected chi connectivity index (χ2v) is 8.86. The van der Waals surface area contributed by atoms with Crippen LogP contribution >= 0.6 is 0 Å². The second kappa shape index (κ2) is 10.1. The summed E-state index contributed by atoms with van der Waals surface area (Å²) in [5.74, 6) is -0.952. The minimum Gasteiger partial charge on any atom is -0.322 e. The van der Waals surface area contributed by atoms with Gasteiger partial charge in [-0.05, 0) is 78.9 Å². The minimum atomic E-state index is -3.93. The molecule has 2 N–H and O–H groups in total. The van der Waals surface area contributed by atoms with E-state index < -0.39 is 21.7 Å². The Bertz CT molecular complexity index is 1420. The van der Waals surface area contributed by atoms with Gasteiger partial charge < -0.3 is 5.32 Å². The standard InChI is InChI=1S/C25H19FN4O3S/c26-19-9-15-24(16-10-19)34(32,33)30-23-8-4-5-18(17-23)25(31)27-20-11-13-22(14-12-20)29-28-21-6-2-1-3-7-21/h1-17,30H,(H,27,31). The molecule has 0 saturated heterocycles. The van der Waals surface area contributed by atoms with E-state index in [-0.39, 0.29) is 16.1 Å². The van der Waals surface area contributed by atoms with Crippen LogP contribution < -0.4 is 10.0 Å². The Morgan fingerprint density at radius 3 is 2.03 bits per heavy atom. The molecular formula is C25H19FN4O3S. The molecule has 4 rings (SSSR count). The van der Waals surface area contributed by atoms with Crippen LogP contribution in [0.25, 0.3) is 0 Å². The van der Waals surface area contributed by atoms with E-state index in [2.05, 4.69) is 20.3 Å². The Hall–Kier alpha value is -4.37. The molecule has 0 aromatic heterocycles. The second-order valence-electron chi connectivity index (χ2n) is 7.18. The van der Waals surface area contributed by atoms with Crippen molar-refractivity contribution in [2.75, 3.05) is 10.0 Å². The number of benzene rings is 4. The van der Waals surface area contributed by atoms with Gasteiger partial charge in [-0.15, -0.1) is 0 Å². The molecular weight excluding hydrogens is 455 g/mol. The van der Waals surface area contributed by atoms with Gasteiger partial charge in [-0.1, -0.05) is 24.3 Å². The first-order chi connectivity index (χ1) is 16.4. The number of hydrogen-bond donors (Lipinski definition) is 2. The molecule has 4 aromatic carbocycles. The molecule has 4 aromatic rings. The molecule has 0 aliphatic rings. The number of nitrogens with zero attached hydrogens (tertiary/aromatic N) is 2. The summed E-state index contributed by atoms with van der Waals surface area (Å²) < 4.78 is 40.5. The largest absolute Gasteiger partial charge is 0.322 e. The average molecular weight is 475 g/mol. The predicted octanol–water partition coefficient (Wildman–Crippen LogP) is 6.29. The number of carbonyl (C=O) groups is 1. The zero-order chi connectivity index (χ0) is 24.0. The lowest BCUT2D eigenvalue weighted by Crippen LogP contribution is -2.15. The summed E-state index contributed by atoms with van der Waals surface area (Å²) in [6, 6.07) is 26.6. The fourth-order valence-electron chi connectivity index (χ4n) is 2.98. The maximum atomic E-state index is 13.1. The number of sulfonamides is 1. The number of rotatable bonds is 7. The molecule has 170 valence electrons. The highest BCUT2D eigenvalue weighted by atomic mass is 32.2. The van der Waals surface area contributed by atoms with Crippen molar-refractivity contribution in [3.63, 3.8) is 0 Å². The van der Waals surface area contributed by atoms with Gasteiger partial charge in [0.05, 0.1) is 16.3 Å². The van der Waals surface area contributed by atoms with Crippen molar-refractivity contribution in [2.45, 2.75) is 4.90 Å². The average Bonchev–Trinajstić information content (AvgIpc) is 2.84. The van der Waals surface area contributed by atoms with Crippen LogP contribution in [0.3, 0.4) is 0 Å². The quantitative estimate of drug-likeness (QED) is 0.308. The Labute approximate surface area is 196 Å².